The minimum atomic E-state index is -0.351. The molecule has 1 aliphatic heterocycles. The van der Waals surface area contributed by atoms with Crippen LogP contribution in [0.5, 0.6) is 5.75 Å². The van der Waals surface area contributed by atoms with Crippen LogP contribution < -0.4 is 10.1 Å². The van der Waals surface area contributed by atoms with Crippen molar-refractivity contribution in [1.29, 1.82) is 0 Å². The molecular formula is C20H21FN2O3. The first-order valence-corrected chi connectivity index (χ1v) is 8.65. The molecule has 2 aromatic carbocycles. The zero-order valence-electron chi connectivity index (χ0n) is 14.4. The van der Waals surface area contributed by atoms with Gasteiger partial charge in [-0.15, -0.1) is 0 Å². The van der Waals surface area contributed by atoms with E-state index < -0.39 is 0 Å². The van der Waals surface area contributed by atoms with Crippen molar-refractivity contribution in [3.8, 4) is 5.75 Å². The number of rotatable bonds is 6. The zero-order valence-corrected chi connectivity index (χ0v) is 14.4. The fourth-order valence-electron chi connectivity index (χ4n) is 2.87. The summed E-state index contributed by atoms with van der Waals surface area (Å²) < 4.78 is 18.7. The molecule has 26 heavy (non-hydrogen) atoms. The lowest BCUT2D eigenvalue weighted by molar-refractivity contribution is -0.136. The van der Waals surface area contributed by atoms with E-state index in [1.165, 1.54) is 12.1 Å². The molecule has 0 bridgehead atoms. The second-order valence-electron chi connectivity index (χ2n) is 6.27. The summed E-state index contributed by atoms with van der Waals surface area (Å²) in [5.74, 6) is -0.0917. The van der Waals surface area contributed by atoms with Crippen LogP contribution in [-0.4, -0.2) is 29.8 Å². The third kappa shape index (κ3) is 5.05. The van der Waals surface area contributed by atoms with Crippen molar-refractivity contribution in [2.45, 2.75) is 25.9 Å². The quantitative estimate of drug-likeness (QED) is 0.863. The Morgan fingerprint density at radius 3 is 2.81 bits per heavy atom. The molecule has 1 heterocycles. The minimum Gasteiger partial charge on any atom is -0.489 e. The predicted octanol–water partition coefficient (Wildman–Crippen LogP) is 3.36. The number of nitrogens with one attached hydrogen (secondary N) is 1. The third-order valence-electron chi connectivity index (χ3n) is 4.17. The van der Waals surface area contributed by atoms with Crippen LogP contribution in [0.3, 0.4) is 0 Å². The van der Waals surface area contributed by atoms with Gasteiger partial charge in [0.15, 0.2) is 0 Å². The molecule has 1 N–H and O–H groups in total. The van der Waals surface area contributed by atoms with Crippen molar-refractivity contribution in [3.05, 3.63) is 59.9 Å². The van der Waals surface area contributed by atoms with Crippen molar-refractivity contribution >= 4 is 17.5 Å². The Balaban J connectivity index is 1.55. The number of hydrogen-bond donors (Lipinski definition) is 1. The van der Waals surface area contributed by atoms with Crippen LogP contribution in [0.25, 0.3) is 0 Å². The molecule has 0 aliphatic carbocycles. The SMILES string of the molecule is O=C(CN1CCCCC1=O)Nc1cccc(COc2cccc(F)c2)c1. The Kier molecular flexibility index (Phi) is 5.84. The van der Waals surface area contributed by atoms with Crippen LogP contribution in [-0.2, 0) is 16.2 Å². The predicted molar refractivity (Wildman–Crippen MR) is 96.2 cm³/mol. The first kappa shape index (κ1) is 17.9. The van der Waals surface area contributed by atoms with Crippen molar-refractivity contribution < 1.29 is 18.7 Å². The van der Waals surface area contributed by atoms with Gasteiger partial charge in [-0.3, -0.25) is 9.59 Å². The molecule has 0 radical (unpaired) electrons. The van der Waals surface area contributed by atoms with E-state index in [0.717, 1.165) is 18.4 Å². The molecule has 2 aromatic rings. The van der Waals surface area contributed by atoms with Crippen LogP contribution in [0.1, 0.15) is 24.8 Å². The van der Waals surface area contributed by atoms with E-state index in [0.29, 0.717) is 24.4 Å². The number of halogens is 1. The first-order valence-electron chi connectivity index (χ1n) is 8.65. The Bertz CT molecular complexity index is 794. The maximum atomic E-state index is 13.2. The highest BCUT2D eigenvalue weighted by atomic mass is 19.1. The van der Waals surface area contributed by atoms with E-state index >= 15 is 0 Å². The van der Waals surface area contributed by atoms with Gasteiger partial charge in [0.25, 0.3) is 0 Å². The average molecular weight is 356 g/mol. The van der Waals surface area contributed by atoms with E-state index in [9.17, 15) is 14.0 Å². The van der Waals surface area contributed by atoms with E-state index in [4.69, 9.17) is 4.74 Å². The highest BCUT2D eigenvalue weighted by Gasteiger charge is 2.20. The molecule has 0 saturated carbocycles. The standard InChI is InChI=1S/C20H21FN2O3/c21-16-6-4-8-18(12-16)26-14-15-5-3-7-17(11-15)22-19(24)13-23-10-2-1-9-20(23)25/h3-8,11-12H,1-2,9-10,13-14H2,(H,22,24). The summed E-state index contributed by atoms with van der Waals surface area (Å²) in [6.45, 7) is 0.967. The molecule has 6 heteroatoms. The summed E-state index contributed by atoms with van der Waals surface area (Å²) in [6.07, 6.45) is 2.34. The summed E-state index contributed by atoms with van der Waals surface area (Å²) in [5.41, 5.74) is 1.49. The Hall–Kier alpha value is -2.89. The number of nitrogens with zero attached hydrogens (tertiary/aromatic N) is 1. The molecule has 2 amide bonds. The van der Waals surface area contributed by atoms with Crippen molar-refractivity contribution in [1.82, 2.24) is 4.90 Å². The number of benzene rings is 2. The van der Waals surface area contributed by atoms with Crippen LogP contribution in [0.2, 0.25) is 0 Å². The van der Waals surface area contributed by atoms with Crippen LogP contribution in [0.15, 0.2) is 48.5 Å². The molecule has 0 unspecified atom stereocenters. The van der Waals surface area contributed by atoms with Gasteiger partial charge in [-0.05, 0) is 42.7 Å². The molecule has 0 atom stereocenters. The summed E-state index contributed by atoms with van der Waals surface area (Å²) >= 11 is 0. The second-order valence-corrected chi connectivity index (χ2v) is 6.27. The Morgan fingerprint density at radius 2 is 2.00 bits per heavy atom. The highest BCUT2D eigenvalue weighted by molar-refractivity contribution is 5.94. The van der Waals surface area contributed by atoms with Gasteiger partial charge in [0, 0.05) is 24.7 Å². The van der Waals surface area contributed by atoms with Crippen LogP contribution in [0.4, 0.5) is 10.1 Å². The summed E-state index contributed by atoms with van der Waals surface area (Å²) in [6, 6.07) is 13.2. The number of likely N-dealkylation sites (tertiary alicyclic amines) is 1. The molecule has 1 fully saturated rings. The van der Waals surface area contributed by atoms with Crippen molar-refractivity contribution in [3.63, 3.8) is 0 Å². The van der Waals surface area contributed by atoms with Crippen LogP contribution in [0, 0.1) is 5.82 Å². The topological polar surface area (TPSA) is 58.6 Å². The van der Waals surface area contributed by atoms with Gasteiger partial charge < -0.3 is 15.0 Å². The lowest BCUT2D eigenvalue weighted by Gasteiger charge is -2.26. The number of piperidine rings is 1. The molecule has 1 aliphatic rings. The monoisotopic (exact) mass is 356 g/mol. The lowest BCUT2D eigenvalue weighted by Crippen LogP contribution is -2.40. The number of ether oxygens (including phenoxy) is 1. The summed E-state index contributed by atoms with van der Waals surface area (Å²) in [4.78, 5) is 25.6. The van der Waals surface area contributed by atoms with E-state index in [1.807, 2.05) is 12.1 Å². The second kappa shape index (κ2) is 8.47. The number of amides is 2. The van der Waals surface area contributed by atoms with Gasteiger partial charge in [-0.1, -0.05) is 18.2 Å². The fraction of sp³-hybridized carbons (Fsp3) is 0.300. The molecule has 1 saturated heterocycles. The molecule has 0 spiro atoms. The summed E-state index contributed by atoms with van der Waals surface area (Å²) in [5, 5.41) is 2.81. The van der Waals surface area contributed by atoms with Gasteiger partial charge >= 0.3 is 0 Å². The van der Waals surface area contributed by atoms with Gasteiger partial charge in [0.05, 0.1) is 6.54 Å². The minimum absolute atomic E-state index is 0.0312. The third-order valence-corrected chi connectivity index (χ3v) is 4.17. The normalized spacial score (nSPS) is 14.2. The number of carbonyl (C=O) groups excluding carboxylic acids is 2. The lowest BCUT2D eigenvalue weighted by atomic mass is 10.1. The van der Waals surface area contributed by atoms with Gasteiger partial charge in [0.2, 0.25) is 11.8 Å². The van der Waals surface area contributed by atoms with E-state index in [-0.39, 0.29) is 30.8 Å². The molecule has 5 nitrogen and oxygen atoms in total. The molecule has 3 rings (SSSR count). The average Bonchev–Trinajstić information content (AvgIpc) is 2.62. The molecule has 0 aromatic heterocycles. The molecule has 136 valence electrons. The maximum Gasteiger partial charge on any atom is 0.243 e. The van der Waals surface area contributed by atoms with E-state index in [2.05, 4.69) is 5.32 Å². The number of carbonyl (C=O) groups is 2. The van der Waals surface area contributed by atoms with Gasteiger partial charge in [0.1, 0.15) is 18.2 Å². The smallest absolute Gasteiger partial charge is 0.243 e. The van der Waals surface area contributed by atoms with Gasteiger partial charge in [-0.25, -0.2) is 4.39 Å². The zero-order chi connectivity index (χ0) is 18.4. The fourth-order valence-corrected chi connectivity index (χ4v) is 2.87. The van der Waals surface area contributed by atoms with E-state index in [1.54, 1.807) is 29.2 Å². The Morgan fingerprint density at radius 1 is 1.15 bits per heavy atom. The highest BCUT2D eigenvalue weighted by Crippen LogP contribution is 2.17. The van der Waals surface area contributed by atoms with Crippen molar-refractivity contribution in [2.24, 2.45) is 0 Å². The van der Waals surface area contributed by atoms with Gasteiger partial charge in [-0.2, -0.15) is 0 Å². The van der Waals surface area contributed by atoms with Crippen LogP contribution >= 0.6 is 0 Å². The van der Waals surface area contributed by atoms with Crippen molar-refractivity contribution in [2.75, 3.05) is 18.4 Å². The largest absolute Gasteiger partial charge is 0.489 e. The number of hydrogen-bond acceptors (Lipinski definition) is 3. The molecular weight excluding hydrogens is 335 g/mol. The number of anilines is 1. The summed E-state index contributed by atoms with van der Waals surface area (Å²) in [7, 11) is 0. The Labute approximate surface area is 151 Å². The first-order chi connectivity index (χ1) is 12.6. The maximum absolute atomic E-state index is 13.2.